The average molecular weight is 468 g/mol. The predicted octanol–water partition coefficient (Wildman–Crippen LogP) is 1.45. The maximum Gasteiger partial charge on any atom is 0.251 e. The largest absolute Gasteiger partial charge is 0.495 e. The lowest BCUT2D eigenvalue weighted by Gasteiger charge is -2.26. The zero-order valence-electron chi connectivity index (χ0n) is 17.1. The van der Waals surface area contributed by atoms with Gasteiger partial charge in [-0.2, -0.15) is 4.31 Å². The Kier molecular flexibility index (Phi) is 6.99. The van der Waals surface area contributed by atoms with E-state index in [1.165, 1.54) is 41.7 Å². The van der Waals surface area contributed by atoms with E-state index >= 15 is 0 Å². The van der Waals surface area contributed by atoms with E-state index in [4.69, 9.17) is 9.88 Å². The van der Waals surface area contributed by atoms with Crippen LogP contribution in [0.5, 0.6) is 5.75 Å². The predicted molar refractivity (Wildman–Crippen MR) is 115 cm³/mol. The van der Waals surface area contributed by atoms with Crippen LogP contribution in [0, 0.1) is 0 Å². The first-order valence-electron chi connectivity index (χ1n) is 9.71. The topological polar surface area (TPSA) is 136 Å². The molecule has 2 aromatic carbocycles. The number of carbonyl (C=O) groups excluding carboxylic acids is 1. The highest BCUT2D eigenvalue weighted by atomic mass is 32.2. The SMILES string of the molecule is COc1ccc(C(=O)NCc2ccc(S(N)(=O)=O)cc2)cc1S(=O)(=O)N1CCCCC1. The third-order valence-corrected chi connectivity index (χ3v) is 7.91. The number of amides is 1. The van der Waals surface area contributed by atoms with E-state index in [0.29, 0.717) is 18.7 Å². The van der Waals surface area contributed by atoms with Gasteiger partial charge in [0.25, 0.3) is 5.91 Å². The Morgan fingerprint density at radius 3 is 2.26 bits per heavy atom. The molecule has 9 nitrogen and oxygen atoms in total. The Bertz CT molecular complexity index is 1160. The summed E-state index contributed by atoms with van der Waals surface area (Å²) >= 11 is 0. The van der Waals surface area contributed by atoms with Gasteiger partial charge in [-0.15, -0.1) is 0 Å². The fourth-order valence-electron chi connectivity index (χ4n) is 3.35. The minimum Gasteiger partial charge on any atom is -0.495 e. The highest BCUT2D eigenvalue weighted by Crippen LogP contribution is 2.29. The van der Waals surface area contributed by atoms with Crippen molar-refractivity contribution in [2.75, 3.05) is 20.2 Å². The van der Waals surface area contributed by atoms with Gasteiger partial charge in [-0.3, -0.25) is 4.79 Å². The standard InChI is InChI=1S/C20H25N3O6S2/c1-29-18-10-7-16(13-19(18)31(27,28)23-11-3-2-4-12-23)20(24)22-14-15-5-8-17(9-6-15)30(21,25)26/h5-10,13H,2-4,11-12,14H2,1H3,(H,22,24)(H2,21,25,26). The third-order valence-electron chi connectivity index (χ3n) is 5.06. The Morgan fingerprint density at radius 1 is 1.03 bits per heavy atom. The molecule has 0 unspecified atom stereocenters. The fourth-order valence-corrected chi connectivity index (χ4v) is 5.56. The lowest BCUT2D eigenvalue weighted by atomic mass is 10.2. The quantitative estimate of drug-likeness (QED) is 0.633. The van der Waals surface area contributed by atoms with Gasteiger partial charge in [0.05, 0.1) is 12.0 Å². The molecule has 0 saturated carbocycles. The lowest BCUT2D eigenvalue weighted by Crippen LogP contribution is -2.36. The Hall–Kier alpha value is -2.47. The van der Waals surface area contributed by atoms with Gasteiger partial charge in [-0.25, -0.2) is 22.0 Å². The molecule has 1 fully saturated rings. The van der Waals surface area contributed by atoms with Gasteiger partial charge >= 0.3 is 0 Å². The number of nitrogens with zero attached hydrogens (tertiary/aromatic N) is 1. The van der Waals surface area contributed by atoms with Crippen LogP contribution in [0.15, 0.2) is 52.3 Å². The molecule has 31 heavy (non-hydrogen) atoms. The van der Waals surface area contributed by atoms with Crippen molar-refractivity contribution in [1.29, 1.82) is 0 Å². The molecule has 0 radical (unpaired) electrons. The smallest absolute Gasteiger partial charge is 0.251 e. The molecule has 1 aliphatic rings. The summed E-state index contributed by atoms with van der Waals surface area (Å²) in [5, 5.41) is 7.77. The zero-order valence-corrected chi connectivity index (χ0v) is 18.7. The maximum atomic E-state index is 13.1. The maximum absolute atomic E-state index is 13.1. The van der Waals surface area contributed by atoms with Crippen LogP contribution in [0.1, 0.15) is 35.2 Å². The summed E-state index contributed by atoms with van der Waals surface area (Å²) in [6, 6.07) is 10.1. The number of benzene rings is 2. The minimum atomic E-state index is -3.79. The van der Waals surface area contributed by atoms with E-state index in [2.05, 4.69) is 5.32 Å². The van der Waals surface area contributed by atoms with Crippen molar-refractivity contribution in [3.05, 3.63) is 53.6 Å². The van der Waals surface area contributed by atoms with Crippen LogP contribution in [-0.4, -0.2) is 47.2 Å². The number of sulfonamides is 2. The second-order valence-electron chi connectivity index (χ2n) is 7.20. The summed E-state index contributed by atoms with van der Waals surface area (Å²) in [6.45, 7) is 1.01. The number of nitrogens with two attached hydrogens (primary N) is 1. The number of piperidine rings is 1. The van der Waals surface area contributed by atoms with Crippen LogP contribution in [0.3, 0.4) is 0 Å². The van der Waals surface area contributed by atoms with Crippen LogP contribution >= 0.6 is 0 Å². The lowest BCUT2D eigenvalue weighted by molar-refractivity contribution is 0.0950. The van der Waals surface area contributed by atoms with E-state index in [9.17, 15) is 21.6 Å². The third kappa shape index (κ3) is 5.42. The second kappa shape index (κ2) is 9.35. The molecule has 2 aromatic rings. The van der Waals surface area contributed by atoms with Gasteiger partial charge < -0.3 is 10.1 Å². The van der Waals surface area contributed by atoms with Crippen molar-refractivity contribution in [2.24, 2.45) is 5.14 Å². The van der Waals surface area contributed by atoms with Gasteiger partial charge in [0.15, 0.2) is 0 Å². The normalized spacial score (nSPS) is 15.4. The molecule has 168 valence electrons. The van der Waals surface area contributed by atoms with E-state index < -0.39 is 26.0 Å². The Morgan fingerprint density at radius 2 is 1.68 bits per heavy atom. The number of nitrogens with one attached hydrogen (secondary N) is 1. The zero-order chi connectivity index (χ0) is 22.6. The first kappa shape index (κ1) is 23.2. The van der Waals surface area contributed by atoms with Gasteiger partial charge in [0, 0.05) is 25.2 Å². The van der Waals surface area contributed by atoms with Crippen molar-refractivity contribution >= 4 is 26.0 Å². The van der Waals surface area contributed by atoms with Crippen molar-refractivity contribution in [3.8, 4) is 5.75 Å². The molecular formula is C20H25N3O6S2. The minimum absolute atomic E-state index is 0.0229. The van der Waals surface area contributed by atoms with Crippen LogP contribution in [-0.2, 0) is 26.6 Å². The molecule has 1 aliphatic heterocycles. The van der Waals surface area contributed by atoms with E-state index in [-0.39, 0.29) is 27.6 Å². The molecule has 0 bridgehead atoms. The molecule has 0 aliphatic carbocycles. The summed E-state index contributed by atoms with van der Waals surface area (Å²) in [4.78, 5) is 12.6. The van der Waals surface area contributed by atoms with Gasteiger partial charge in [0.2, 0.25) is 20.0 Å². The van der Waals surface area contributed by atoms with Gasteiger partial charge in [-0.1, -0.05) is 18.6 Å². The number of hydrogen-bond donors (Lipinski definition) is 2. The van der Waals surface area contributed by atoms with E-state index in [1.807, 2.05) is 0 Å². The molecule has 1 amide bonds. The number of carbonyl (C=O) groups is 1. The number of methoxy groups -OCH3 is 1. The van der Waals surface area contributed by atoms with Crippen LogP contribution in [0.4, 0.5) is 0 Å². The number of rotatable bonds is 7. The van der Waals surface area contributed by atoms with Crippen molar-refractivity contribution in [3.63, 3.8) is 0 Å². The fraction of sp³-hybridized carbons (Fsp3) is 0.350. The summed E-state index contributed by atoms with van der Waals surface area (Å²) in [5.74, 6) is -0.283. The van der Waals surface area contributed by atoms with Crippen LogP contribution in [0.25, 0.3) is 0 Å². The number of primary sulfonamides is 1. The summed E-state index contributed by atoms with van der Waals surface area (Å²) in [5.41, 5.74) is 0.841. The molecular weight excluding hydrogens is 442 g/mol. The molecule has 1 heterocycles. The van der Waals surface area contributed by atoms with Crippen LogP contribution < -0.4 is 15.2 Å². The monoisotopic (exact) mass is 467 g/mol. The summed E-state index contributed by atoms with van der Waals surface area (Å²) < 4.78 is 55.5. The first-order chi connectivity index (χ1) is 14.6. The second-order valence-corrected chi connectivity index (χ2v) is 10.7. The molecule has 0 spiro atoms. The van der Waals surface area contributed by atoms with E-state index in [0.717, 1.165) is 19.3 Å². The Labute approximate surface area is 182 Å². The molecule has 1 saturated heterocycles. The molecule has 3 N–H and O–H groups in total. The van der Waals surface area contributed by atoms with Crippen molar-refractivity contribution in [1.82, 2.24) is 9.62 Å². The van der Waals surface area contributed by atoms with Crippen LogP contribution in [0.2, 0.25) is 0 Å². The molecule has 0 atom stereocenters. The van der Waals surface area contributed by atoms with Gasteiger partial charge in [0.1, 0.15) is 10.6 Å². The van der Waals surface area contributed by atoms with Gasteiger partial charge in [-0.05, 0) is 48.7 Å². The first-order valence-corrected chi connectivity index (χ1v) is 12.7. The van der Waals surface area contributed by atoms with Crippen molar-refractivity contribution < 1.29 is 26.4 Å². The highest BCUT2D eigenvalue weighted by molar-refractivity contribution is 7.89. The number of ether oxygens (including phenoxy) is 1. The molecule has 3 rings (SSSR count). The molecule has 0 aromatic heterocycles. The van der Waals surface area contributed by atoms with Crippen molar-refractivity contribution in [2.45, 2.75) is 35.6 Å². The summed E-state index contributed by atoms with van der Waals surface area (Å²) in [6.07, 6.45) is 2.59. The average Bonchev–Trinajstić information content (AvgIpc) is 2.77. The summed E-state index contributed by atoms with van der Waals surface area (Å²) in [7, 11) is -6.19. The number of hydrogen-bond acceptors (Lipinski definition) is 6. The molecule has 11 heteroatoms. The van der Waals surface area contributed by atoms with E-state index in [1.54, 1.807) is 12.1 Å². The highest BCUT2D eigenvalue weighted by Gasteiger charge is 2.29. The Balaban J connectivity index is 1.78.